The van der Waals surface area contributed by atoms with Crippen molar-refractivity contribution >= 4 is 53.4 Å². The van der Waals surface area contributed by atoms with Crippen LogP contribution >= 0.6 is 0 Å². The summed E-state index contributed by atoms with van der Waals surface area (Å²) in [5, 5.41) is 20.2. The molecule has 4 rings (SSSR count). The standard InChI is InChI=1S/C60H92N8O11/c1-37(2)33-43(50(69)61-46(36-42-27-20-17-21-28-42)53(72)66-49(40(7)8)56(75)78-12)63-57(76)60(30-22-14-13-15-23-31-60)67-54(73)47-29-24-32-68(47)55(74)48(39(5)6)65-52(71)45(35-41-25-18-16-19-26-41)62-51(70)44(34-38(3)4)64-58(77)79-59(9,10)11/h16-21,25-28,37-40,43-49H,13-15,22-24,29-36H2,1-12H3,(H,61,69)(H,62,70)(H,63,76)(H,64,77)(H,65,71)(H,66,72)(H,67,73)/t43-,44-,45-,46-,47+,48-,49-/m0/s1. The van der Waals surface area contributed by atoms with E-state index in [1.807, 2.05) is 88.4 Å². The molecule has 2 aromatic carbocycles. The van der Waals surface area contributed by atoms with Gasteiger partial charge in [0.2, 0.25) is 41.4 Å². The lowest BCUT2D eigenvalue weighted by Gasteiger charge is -2.38. The maximum Gasteiger partial charge on any atom is 0.408 e. The van der Waals surface area contributed by atoms with Gasteiger partial charge in [-0.25, -0.2) is 9.59 Å². The zero-order valence-corrected chi connectivity index (χ0v) is 49.0. The van der Waals surface area contributed by atoms with E-state index in [4.69, 9.17) is 9.47 Å². The summed E-state index contributed by atoms with van der Waals surface area (Å²) in [5.41, 5.74) is -0.793. The first-order chi connectivity index (χ1) is 37.2. The number of carbonyl (C=O) groups excluding carboxylic acids is 9. The molecule has 0 spiro atoms. The SMILES string of the molecule is COC(=O)[C@@H](NC(=O)[C@H](Cc1ccccc1)NC(=O)[C@H](CC(C)C)NC(=O)C1(NC(=O)[C@H]2CCCN2C(=O)[C@@H](NC(=O)[C@H](Cc2ccccc2)NC(=O)[C@H](CC(C)C)NC(=O)OC(C)(C)C)C(C)C)CCCCCCC1)C(C)C. The smallest absolute Gasteiger partial charge is 0.408 e. The molecule has 19 heteroatoms. The van der Waals surface area contributed by atoms with Gasteiger partial charge in [-0.2, -0.15) is 0 Å². The van der Waals surface area contributed by atoms with Crippen LogP contribution in [0.15, 0.2) is 60.7 Å². The number of rotatable bonds is 25. The van der Waals surface area contributed by atoms with Crippen molar-refractivity contribution in [1.82, 2.24) is 42.1 Å². The second-order valence-corrected chi connectivity index (χ2v) is 24.0. The second kappa shape index (κ2) is 30.7. The number of nitrogens with one attached hydrogen (secondary N) is 7. The fourth-order valence-corrected chi connectivity index (χ4v) is 10.2. The Balaban J connectivity index is 1.60. The van der Waals surface area contributed by atoms with Gasteiger partial charge in [-0.05, 0) is 94.1 Å². The Hall–Kier alpha value is -6.53. The predicted octanol–water partition coefficient (Wildman–Crippen LogP) is 5.96. The molecule has 1 saturated heterocycles. The minimum Gasteiger partial charge on any atom is -0.467 e. The van der Waals surface area contributed by atoms with Gasteiger partial charge in [-0.1, -0.05) is 148 Å². The number of hydrogen-bond acceptors (Lipinski definition) is 11. The number of benzene rings is 2. The maximum absolute atomic E-state index is 15.1. The highest BCUT2D eigenvalue weighted by Crippen LogP contribution is 2.30. The summed E-state index contributed by atoms with van der Waals surface area (Å²) in [7, 11) is 1.24. The largest absolute Gasteiger partial charge is 0.467 e. The third kappa shape index (κ3) is 20.6. The average molecular weight is 1100 g/mol. The van der Waals surface area contributed by atoms with Gasteiger partial charge in [-0.3, -0.25) is 33.6 Å². The maximum atomic E-state index is 15.1. The molecule has 1 saturated carbocycles. The highest BCUT2D eigenvalue weighted by molar-refractivity contribution is 5.99. The van der Waals surface area contributed by atoms with Gasteiger partial charge in [0.25, 0.3) is 0 Å². The molecule has 0 radical (unpaired) electrons. The van der Waals surface area contributed by atoms with Crippen molar-refractivity contribution in [1.29, 1.82) is 0 Å². The number of nitrogens with zero attached hydrogens (tertiary/aromatic N) is 1. The monoisotopic (exact) mass is 1100 g/mol. The second-order valence-electron chi connectivity index (χ2n) is 24.0. The van der Waals surface area contributed by atoms with Crippen LogP contribution in [0.4, 0.5) is 4.79 Å². The van der Waals surface area contributed by atoms with E-state index in [-0.39, 0.29) is 62.8 Å². The van der Waals surface area contributed by atoms with Gasteiger partial charge in [-0.15, -0.1) is 0 Å². The average Bonchev–Trinajstić information content (AvgIpc) is 3.90. The lowest BCUT2D eigenvalue weighted by atomic mass is 9.82. The molecule has 0 bridgehead atoms. The van der Waals surface area contributed by atoms with Crippen molar-refractivity contribution in [3.8, 4) is 0 Å². The number of alkyl carbamates (subject to hydrolysis) is 1. The highest BCUT2D eigenvalue weighted by Gasteiger charge is 2.46. The number of likely N-dealkylation sites (tertiary alicyclic amines) is 1. The van der Waals surface area contributed by atoms with Crippen LogP contribution in [0.3, 0.4) is 0 Å². The summed E-state index contributed by atoms with van der Waals surface area (Å²) in [5.74, 6) is -5.57. The molecule has 1 aliphatic heterocycles. The fraction of sp³-hybridized carbons (Fsp3) is 0.650. The topological polar surface area (TPSA) is 260 Å². The van der Waals surface area contributed by atoms with E-state index in [0.717, 1.165) is 30.4 Å². The van der Waals surface area contributed by atoms with Crippen molar-refractivity contribution in [2.75, 3.05) is 13.7 Å². The number of amides is 8. The molecule has 7 atom stereocenters. The van der Waals surface area contributed by atoms with Gasteiger partial charge in [0.05, 0.1) is 7.11 Å². The molecule has 79 heavy (non-hydrogen) atoms. The van der Waals surface area contributed by atoms with E-state index in [0.29, 0.717) is 25.7 Å². The number of methoxy groups -OCH3 is 1. The number of hydrogen-bond donors (Lipinski definition) is 7. The fourth-order valence-electron chi connectivity index (χ4n) is 10.2. The lowest BCUT2D eigenvalue weighted by molar-refractivity contribution is -0.146. The Morgan fingerprint density at radius 3 is 1.46 bits per heavy atom. The van der Waals surface area contributed by atoms with Crippen molar-refractivity contribution in [2.24, 2.45) is 23.7 Å². The molecule has 7 N–H and O–H groups in total. The van der Waals surface area contributed by atoms with Crippen molar-refractivity contribution in [3.63, 3.8) is 0 Å². The first kappa shape index (κ1) is 65.0. The predicted molar refractivity (Wildman–Crippen MR) is 302 cm³/mol. The Morgan fingerprint density at radius 2 is 1.01 bits per heavy atom. The zero-order chi connectivity index (χ0) is 58.6. The summed E-state index contributed by atoms with van der Waals surface area (Å²) in [6.45, 7) is 20.1. The van der Waals surface area contributed by atoms with Crippen LogP contribution < -0.4 is 37.2 Å². The highest BCUT2D eigenvalue weighted by atomic mass is 16.6. The number of ether oxygens (including phenoxy) is 2. The van der Waals surface area contributed by atoms with Crippen LogP contribution in [0.5, 0.6) is 0 Å². The quantitative estimate of drug-likeness (QED) is 0.0571. The molecule has 438 valence electrons. The van der Waals surface area contributed by atoms with Crippen LogP contribution in [0.25, 0.3) is 0 Å². The van der Waals surface area contributed by atoms with E-state index in [1.165, 1.54) is 12.0 Å². The normalized spacial score (nSPS) is 17.9. The molecule has 1 heterocycles. The zero-order valence-electron chi connectivity index (χ0n) is 49.0. The molecular weight excluding hydrogens is 1010 g/mol. The van der Waals surface area contributed by atoms with Gasteiger partial charge >= 0.3 is 12.1 Å². The Kier molecular flexibility index (Phi) is 25.3. The van der Waals surface area contributed by atoms with E-state index in [9.17, 15) is 38.4 Å². The summed E-state index contributed by atoms with van der Waals surface area (Å²) >= 11 is 0. The van der Waals surface area contributed by atoms with Crippen molar-refractivity contribution < 1.29 is 52.6 Å². The van der Waals surface area contributed by atoms with Crippen LogP contribution in [-0.4, -0.2) is 125 Å². The van der Waals surface area contributed by atoms with E-state index >= 15 is 4.79 Å². The molecule has 2 fully saturated rings. The van der Waals surface area contributed by atoms with Gasteiger partial charge in [0.15, 0.2) is 0 Å². The first-order valence-corrected chi connectivity index (χ1v) is 28.5. The number of carbonyl (C=O) groups is 9. The molecule has 19 nitrogen and oxygen atoms in total. The van der Waals surface area contributed by atoms with Gasteiger partial charge in [0.1, 0.15) is 53.4 Å². The van der Waals surface area contributed by atoms with Crippen molar-refractivity contribution in [3.05, 3.63) is 71.8 Å². The summed E-state index contributed by atoms with van der Waals surface area (Å²) < 4.78 is 10.4. The van der Waals surface area contributed by atoms with E-state index in [1.54, 1.807) is 48.5 Å². The van der Waals surface area contributed by atoms with Crippen LogP contribution in [0, 0.1) is 23.7 Å². The minimum atomic E-state index is -1.46. The number of esters is 1. The Labute approximate surface area is 468 Å². The molecule has 0 aromatic heterocycles. The molecule has 2 aliphatic rings. The molecule has 1 aliphatic carbocycles. The Bertz CT molecular complexity index is 2350. The summed E-state index contributed by atoms with van der Waals surface area (Å²) in [6, 6.07) is 10.6. The summed E-state index contributed by atoms with van der Waals surface area (Å²) in [6.07, 6.45) is 4.93. The first-order valence-electron chi connectivity index (χ1n) is 28.5. The van der Waals surface area contributed by atoms with Crippen LogP contribution in [0.1, 0.15) is 158 Å². The third-order valence-corrected chi connectivity index (χ3v) is 14.4. The van der Waals surface area contributed by atoms with Crippen LogP contribution in [0.2, 0.25) is 0 Å². The lowest BCUT2D eigenvalue weighted by Crippen LogP contribution is -2.65. The van der Waals surface area contributed by atoms with Crippen molar-refractivity contribution in [2.45, 2.75) is 213 Å². The third-order valence-electron chi connectivity index (χ3n) is 14.4. The Morgan fingerprint density at radius 1 is 0.570 bits per heavy atom. The van der Waals surface area contributed by atoms with E-state index < -0.39 is 113 Å². The minimum absolute atomic E-state index is 0.0184. The van der Waals surface area contributed by atoms with E-state index in [2.05, 4.69) is 37.2 Å². The molecule has 2 aromatic rings. The van der Waals surface area contributed by atoms with Gasteiger partial charge < -0.3 is 51.6 Å². The summed E-state index contributed by atoms with van der Waals surface area (Å²) in [4.78, 5) is 129. The van der Waals surface area contributed by atoms with Gasteiger partial charge in [0, 0.05) is 19.4 Å². The van der Waals surface area contributed by atoms with Crippen LogP contribution in [-0.2, 0) is 60.7 Å². The molecule has 8 amide bonds. The molecule has 0 unspecified atom stereocenters. The molecular formula is C60H92N8O11.